The first-order valence-electron chi connectivity index (χ1n) is 11.3. The van der Waals surface area contributed by atoms with E-state index in [1.807, 2.05) is 22.9 Å². The van der Waals surface area contributed by atoms with Crippen LogP contribution in [0.3, 0.4) is 0 Å². The van der Waals surface area contributed by atoms with Crippen LogP contribution in [0.2, 0.25) is 0 Å². The van der Waals surface area contributed by atoms with Gasteiger partial charge in [-0.2, -0.15) is 5.10 Å². The molecule has 35 heavy (non-hydrogen) atoms. The first-order chi connectivity index (χ1) is 16.9. The number of aromatic nitrogens is 3. The van der Waals surface area contributed by atoms with E-state index in [0.29, 0.717) is 35.5 Å². The van der Waals surface area contributed by atoms with Crippen molar-refractivity contribution >= 4 is 22.6 Å². The van der Waals surface area contributed by atoms with Gasteiger partial charge in [-0.25, -0.2) is 9.49 Å². The van der Waals surface area contributed by atoms with Crippen molar-refractivity contribution in [1.82, 2.24) is 19.7 Å². The van der Waals surface area contributed by atoms with Crippen LogP contribution >= 0.6 is 0 Å². The van der Waals surface area contributed by atoms with Gasteiger partial charge in [0.15, 0.2) is 5.82 Å². The number of piperidine rings is 1. The topological polar surface area (TPSA) is 106 Å². The Morgan fingerprint density at radius 1 is 1.17 bits per heavy atom. The van der Waals surface area contributed by atoms with Gasteiger partial charge in [0.25, 0.3) is 5.56 Å². The van der Waals surface area contributed by atoms with Crippen molar-refractivity contribution in [3.8, 4) is 17.2 Å². The summed E-state index contributed by atoms with van der Waals surface area (Å²) in [7, 11) is 0. The van der Waals surface area contributed by atoms with Crippen molar-refractivity contribution in [2.75, 3.05) is 18.8 Å². The van der Waals surface area contributed by atoms with Crippen molar-refractivity contribution in [2.45, 2.75) is 18.8 Å². The molecular weight excluding hydrogens is 449 g/mol. The maximum atomic E-state index is 13.1. The van der Waals surface area contributed by atoms with Crippen molar-refractivity contribution in [2.24, 2.45) is 0 Å². The Morgan fingerprint density at radius 3 is 2.54 bits per heavy atom. The molecule has 1 aliphatic rings. The number of halogens is 1. The summed E-state index contributed by atoms with van der Waals surface area (Å²) in [6.45, 7) is 4.75. The molecule has 5 rings (SSSR count). The molecule has 4 aromatic rings. The highest BCUT2D eigenvalue weighted by molar-refractivity contribution is 5.92. The van der Waals surface area contributed by atoms with E-state index in [4.69, 9.17) is 10.5 Å². The van der Waals surface area contributed by atoms with Gasteiger partial charge in [0.2, 0.25) is 5.91 Å². The number of fused-ring (bicyclic) bond motifs is 1. The van der Waals surface area contributed by atoms with E-state index in [-0.39, 0.29) is 29.0 Å². The standard InChI is InChI=1S/C26H24FN5O3/c1-2-22(33)31-13-3-4-16(14-31)21-15-32(24-23(21)26(34)30-29-25(24)28)18-7-11-20(12-8-18)35-19-9-5-17(27)6-10-19/h2,5-12,15-16H,1,3-4,13-14H2,(H2,28,29)(H,30,34)/t16-/m1/s1. The second kappa shape index (κ2) is 9.09. The van der Waals surface area contributed by atoms with E-state index in [1.165, 1.54) is 18.2 Å². The van der Waals surface area contributed by atoms with Gasteiger partial charge < -0.3 is 19.9 Å². The van der Waals surface area contributed by atoms with Crippen LogP contribution in [-0.2, 0) is 4.79 Å². The number of ether oxygens (including phenoxy) is 1. The number of hydrogen-bond donors (Lipinski definition) is 2. The lowest BCUT2D eigenvalue weighted by Crippen LogP contribution is -2.38. The Kier molecular flexibility index (Phi) is 5.82. The van der Waals surface area contributed by atoms with Crippen LogP contribution in [0.1, 0.15) is 24.3 Å². The van der Waals surface area contributed by atoms with Crippen LogP contribution in [0, 0.1) is 5.82 Å². The molecule has 1 saturated heterocycles. The van der Waals surface area contributed by atoms with Gasteiger partial charge in [-0.05, 0) is 73.0 Å². The van der Waals surface area contributed by atoms with Gasteiger partial charge in [-0.3, -0.25) is 9.59 Å². The lowest BCUT2D eigenvalue weighted by Gasteiger charge is -2.32. The molecule has 178 valence electrons. The monoisotopic (exact) mass is 473 g/mol. The number of amides is 1. The first-order valence-corrected chi connectivity index (χ1v) is 11.3. The molecule has 8 nitrogen and oxygen atoms in total. The molecule has 3 N–H and O–H groups in total. The summed E-state index contributed by atoms with van der Waals surface area (Å²) in [4.78, 5) is 26.8. The third kappa shape index (κ3) is 4.28. The third-order valence-corrected chi connectivity index (χ3v) is 6.29. The Hall–Kier alpha value is -4.40. The average Bonchev–Trinajstić information content (AvgIpc) is 3.30. The minimum atomic E-state index is -0.334. The minimum absolute atomic E-state index is 0.0274. The molecular formula is C26H24FN5O3. The summed E-state index contributed by atoms with van der Waals surface area (Å²) < 4.78 is 20.8. The highest BCUT2D eigenvalue weighted by atomic mass is 19.1. The second-order valence-corrected chi connectivity index (χ2v) is 8.49. The second-order valence-electron chi connectivity index (χ2n) is 8.49. The summed E-state index contributed by atoms with van der Waals surface area (Å²) in [6, 6.07) is 13.0. The molecule has 0 saturated carbocycles. The first kappa shape index (κ1) is 22.4. The van der Waals surface area contributed by atoms with Crippen molar-refractivity contribution in [3.05, 3.63) is 89.1 Å². The van der Waals surface area contributed by atoms with Crippen molar-refractivity contribution < 1.29 is 13.9 Å². The number of nitrogens with one attached hydrogen (secondary N) is 1. The molecule has 0 aliphatic carbocycles. The molecule has 0 bridgehead atoms. The maximum Gasteiger partial charge on any atom is 0.274 e. The molecule has 3 heterocycles. The minimum Gasteiger partial charge on any atom is -0.457 e. The molecule has 1 fully saturated rings. The number of likely N-dealkylation sites (tertiary alicyclic amines) is 1. The smallest absolute Gasteiger partial charge is 0.274 e. The molecule has 9 heteroatoms. The van der Waals surface area contributed by atoms with Crippen LogP contribution in [0.4, 0.5) is 10.2 Å². The Morgan fingerprint density at radius 2 is 1.86 bits per heavy atom. The van der Waals surface area contributed by atoms with Crippen LogP contribution in [0.5, 0.6) is 11.5 Å². The number of nitrogen functional groups attached to an aromatic ring is 1. The van der Waals surface area contributed by atoms with Crippen molar-refractivity contribution in [1.29, 1.82) is 0 Å². The number of rotatable bonds is 5. The lowest BCUT2D eigenvalue weighted by atomic mass is 9.90. The van der Waals surface area contributed by atoms with E-state index < -0.39 is 0 Å². The zero-order valence-electron chi connectivity index (χ0n) is 18.9. The summed E-state index contributed by atoms with van der Waals surface area (Å²) >= 11 is 0. The van der Waals surface area contributed by atoms with Crippen molar-refractivity contribution in [3.63, 3.8) is 0 Å². The van der Waals surface area contributed by atoms with Gasteiger partial charge in [0.1, 0.15) is 22.8 Å². The number of carbonyl (C=O) groups excluding carboxylic acids is 1. The Bertz CT molecular complexity index is 1460. The van der Waals surface area contributed by atoms with Gasteiger partial charge in [-0.15, -0.1) is 0 Å². The van der Waals surface area contributed by atoms with Gasteiger partial charge >= 0.3 is 0 Å². The fraction of sp³-hybridized carbons (Fsp3) is 0.192. The average molecular weight is 474 g/mol. The largest absolute Gasteiger partial charge is 0.457 e. The molecule has 1 atom stereocenters. The number of nitrogens with two attached hydrogens (primary N) is 1. The van der Waals surface area contributed by atoms with Gasteiger partial charge in [-0.1, -0.05) is 6.58 Å². The number of anilines is 1. The molecule has 0 unspecified atom stereocenters. The van der Waals surface area contributed by atoms with E-state index in [1.54, 1.807) is 29.2 Å². The predicted octanol–water partition coefficient (Wildman–Crippen LogP) is 4.12. The van der Waals surface area contributed by atoms with Crippen LogP contribution in [0.25, 0.3) is 16.6 Å². The molecule has 2 aromatic heterocycles. The van der Waals surface area contributed by atoms with Crippen LogP contribution < -0.4 is 16.0 Å². The molecule has 1 aliphatic heterocycles. The van der Waals surface area contributed by atoms with E-state index in [9.17, 15) is 14.0 Å². The van der Waals surface area contributed by atoms with E-state index in [2.05, 4.69) is 16.8 Å². The highest BCUT2D eigenvalue weighted by Gasteiger charge is 2.28. The summed E-state index contributed by atoms with van der Waals surface area (Å²) in [5, 5.41) is 6.93. The van der Waals surface area contributed by atoms with Crippen LogP contribution in [0.15, 0.2) is 72.2 Å². The highest BCUT2D eigenvalue weighted by Crippen LogP contribution is 2.35. The Balaban J connectivity index is 1.53. The van der Waals surface area contributed by atoms with Crippen LogP contribution in [-0.4, -0.2) is 38.7 Å². The number of carbonyl (C=O) groups is 1. The fourth-order valence-corrected chi connectivity index (χ4v) is 4.62. The summed E-state index contributed by atoms with van der Waals surface area (Å²) in [6.07, 6.45) is 4.88. The molecule has 0 radical (unpaired) electrons. The predicted molar refractivity (Wildman–Crippen MR) is 131 cm³/mol. The van der Waals surface area contributed by atoms with Gasteiger partial charge in [0.05, 0.1) is 5.39 Å². The quantitative estimate of drug-likeness (QED) is 0.424. The number of H-pyrrole nitrogens is 1. The lowest BCUT2D eigenvalue weighted by molar-refractivity contribution is -0.127. The van der Waals surface area contributed by atoms with E-state index >= 15 is 0 Å². The summed E-state index contributed by atoms with van der Waals surface area (Å²) in [5.74, 6) is 0.813. The molecule has 1 amide bonds. The molecule has 0 spiro atoms. The van der Waals surface area contributed by atoms with Gasteiger partial charge in [0, 0.05) is 30.9 Å². The normalized spacial score (nSPS) is 15.8. The fourth-order valence-electron chi connectivity index (χ4n) is 4.62. The zero-order chi connectivity index (χ0) is 24.5. The summed E-state index contributed by atoms with van der Waals surface area (Å²) in [5.41, 5.74) is 7.99. The number of nitrogens with zero attached hydrogens (tertiary/aromatic N) is 3. The maximum absolute atomic E-state index is 13.1. The third-order valence-electron chi connectivity index (χ3n) is 6.29. The number of aromatic amines is 1. The Labute approximate surface area is 200 Å². The SMILES string of the molecule is C=CC(=O)N1CCC[C@@H](c2cn(-c3ccc(Oc4ccc(F)cc4)cc3)c3c(N)n[nH]c(=O)c23)C1. The van der Waals surface area contributed by atoms with E-state index in [0.717, 1.165) is 24.1 Å². The zero-order valence-corrected chi connectivity index (χ0v) is 18.9. The number of hydrogen-bond acceptors (Lipinski definition) is 5. The number of benzene rings is 2. The molecule has 2 aromatic carbocycles.